The molecule has 0 aliphatic rings. The molecular weight excluding hydrogens is 281 g/mol. The van der Waals surface area contributed by atoms with Gasteiger partial charge in [-0.15, -0.1) is 11.6 Å². The topological polar surface area (TPSA) is 29.1 Å². The number of carbonyl (C=O) groups is 1. The van der Waals surface area contributed by atoms with Crippen LogP contribution in [0.3, 0.4) is 0 Å². The van der Waals surface area contributed by atoms with E-state index in [1.807, 2.05) is 19.1 Å². The predicted octanol–water partition coefficient (Wildman–Crippen LogP) is 4.42. The first-order valence-corrected chi connectivity index (χ1v) is 7.29. The molecule has 0 bridgehead atoms. The molecule has 19 heavy (non-hydrogen) atoms. The van der Waals surface area contributed by atoms with E-state index in [1.165, 1.54) is 0 Å². The first-order valence-electron chi connectivity index (χ1n) is 6.38. The van der Waals surface area contributed by atoms with Gasteiger partial charge in [-0.3, -0.25) is 4.79 Å². The third-order valence-corrected chi connectivity index (χ3v) is 3.49. The summed E-state index contributed by atoms with van der Waals surface area (Å²) in [5, 5.41) is 3.63. The lowest BCUT2D eigenvalue weighted by atomic mass is 9.85. The van der Waals surface area contributed by atoms with Crippen molar-refractivity contribution in [3.63, 3.8) is 0 Å². The summed E-state index contributed by atoms with van der Waals surface area (Å²) in [6, 6.07) is 5.39. The van der Waals surface area contributed by atoms with Crippen molar-refractivity contribution in [3.8, 4) is 0 Å². The molecule has 0 saturated carbocycles. The van der Waals surface area contributed by atoms with Gasteiger partial charge < -0.3 is 5.32 Å². The molecule has 0 aromatic heterocycles. The number of alkyl halides is 1. The third-order valence-electron chi connectivity index (χ3n) is 3.05. The lowest BCUT2D eigenvalue weighted by Crippen LogP contribution is -2.44. The van der Waals surface area contributed by atoms with E-state index in [1.54, 1.807) is 6.07 Å². The number of aryl methyl sites for hydroxylation is 1. The zero-order valence-electron chi connectivity index (χ0n) is 11.9. The van der Waals surface area contributed by atoms with Crippen molar-refractivity contribution < 1.29 is 4.79 Å². The average molecular weight is 302 g/mol. The molecule has 0 radical (unpaired) electrons. The zero-order valence-corrected chi connectivity index (χ0v) is 13.4. The highest BCUT2D eigenvalue weighted by molar-refractivity contribution is 6.31. The van der Waals surface area contributed by atoms with Crippen LogP contribution in [-0.2, 0) is 0 Å². The Hall–Kier alpha value is -0.730. The van der Waals surface area contributed by atoms with Gasteiger partial charge in [0.15, 0.2) is 0 Å². The fraction of sp³-hybridized carbons (Fsp3) is 0.533. The summed E-state index contributed by atoms with van der Waals surface area (Å²) in [6.07, 6.45) is 0.746. The summed E-state index contributed by atoms with van der Waals surface area (Å²) in [5.74, 6) is 0.423. The number of hydrogen-bond acceptors (Lipinski definition) is 1. The van der Waals surface area contributed by atoms with Crippen LogP contribution in [0.2, 0.25) is 5.02 Å². The van der Waals surface area contributed by atoms with E-state index in [2.05, 4.69) is 26.1 Å². The van der Waals surface area contributed by atoms with Crippen molar-refractivity contribution in [2.24, 2.45) is 5.41 Å². The Morgan fingerprint density at radius 1 is 1.32 bits per heavy atom. The lowest BCUT2D eigenvalue weighted by Gasteiger charge is -2.31. The fourth-order valence-electron chi connectivity index (χ4n) is 1.94. The van der Waals surface area contributed by atoms with Crippen molar-refractivity contribution in [1.29, 1.82) is 0 Å². The molecule has 0 aliphatic carbocycles. The molecule has 1 atom stereocenters. The largest absolute Gasteiger partial charge is 0.349 e. The molecule has 4 heteroatoms. The van der Waals surface area contributed by atoms with E-state index in [4.69, 9.17) is 23.2 Å². The van der Waals surface area contributed by atoms with Crippen LogP contribution in [0.5, 0.6) is 0 Å². The maximum Gasteiger partial charge on any atom is 0.251 e. The van der Waals surface area contributed by atoms with E-state index in [0.29, 0.717) is 16.5 Å². The second-order valence-corrected chi connectivity index (χ2v) is 6.70. The van der Waals surface area contributed by atoms with Crippen LogP contribution in [0, 0.1) is 12.3 Å². The van der Waals surface area contributed by atoms with Crippen molar-refractivity contribution in [1.82, 2.24) is 5.32 Å². The molecule has 1 aromatic rings. The van der Waals surface area contributed by atoms with Gasteiger partial charge in [-0.05, 0) is 42.5 Å². The number of benzene rings is 1. The van der Waals surface area contributed by atoms with Gasteiger partial charge in [-0.1, -0.05) is 32.4 Å². The smallest absolute Gasteiger partial charge is 0.251 e. The summed E-state index contributed by atoms with van der Waals surface area (Å²) >= 11 is 11.8. The van der Waals surface area contributed by atoms with Crippen LogP contribution in [0.15, 0.2) is 18.2 Å². The molecule has 1 unspecified atom stereocenters. The Bertz CT molecular complexity index is 432. The normalized spacial score (nSPS) is 13.2. The van der Waals surface area contributed by atoms with Gasteiger partial charge in [0.2, 0.25) is 0 Å². The monoisotopic (exact) mass is 301 g/mol. The highest BCUT2D eigenvalue weighted by Gasteiger charge is 2.26. The van der Waals surface area contributed by atoms with Crippen molar-refractivity contribution in [2.45, 2.75) is 40.2 Å². The minimum Gasteiger partial charge on any atom is -0.349 e. The summed E-state index contributed by atoms with van der Waals surface area (Å²) in [6.45, 7) is 8.19. The highest BCUT2D eigenvalue weighted by Crippen LogP contribution is 2.23. The van der Waals surface area contributed by atoms with Gasteiger partial charge in [0, 0.05) is 22.5 Å². The summed E-state index contributed by atoms with van der Waals surface area (Å²) < 4.78 is 0. The molecule has 1 rings (SSSR count). The Morgan fingerprint density at radius 2 is 1.95 bits per heavy atom. The quantitative estimate of drug-likeness (QED) is 0.819. The van der Waals surface area contributed by atoms with Gasteiger partial charge in [-0.25, -0.2) is 0 Å². The number of hydrogen-bond donors (Lipinski definition) is 1. The predicted molar refractivity (Wildman–Crippen MR) is 82.2 cm³/mol. The second kappa shape index (κ2) is 6.62. The number of nitrogens with one attached hydrogen (secondary N) is 1. The van der Waals surface area contributed by atoms with Crippen LogP contribution in [-0.4, -0.2) is 17.8 Å². The third kappa shape index (κ3) is 5.04. The zero-order chi connectivity index (χ0) is 14.6. The minimum absolute atomic E-state index is 0.0296. The molecule has 2 nitrogen and oxygen atoms in total. The molecule has 0 aliphatic heterocycles. The Labute approximate surface area is 125 Å². The van der Waals surface area contributed by atoms with Gasteiger partial charge >= 0.3 is 0 Å². The van der Waals surface area contributed by atoms with Gasteiger partial charge in [-0.2, -0.15) is 0 Å². The Morgan fingerprint density at radius 3 is 2.42 bits per heavy atom. The number of halogens is 2. The molecule has 0 heterocycles. The van der Waals surface area contributed by atoms with E-state index in [0.717, 1.165) is 12.0 Å². The first-order chi connectivity index (χ1) is 8.74. The van der Waals surface area contributed by atoms with Gasteiger partial charge in [0.25, 0.3) is 5.91 Å². The summed E-state index contributed by atoms with van der Waals surface area (Å²) in [7, 11) is 0. The van der Waals surface area contributed by atoms with Crippen molar-refractivity contribution in [3.05, 3.63) is 34.3 Å². The standard InChI is InChI=1S/C15H21Cl2NO/c1-10-7-11(9-12(17)8-10)14(19)18-13(5-6-16)15(2,3)4/h7-9,13H,5-6H2,1-4H3,(H,18,19). The highest BCUT2D eigenvalue weighted by atomic mass is 35.5. The number of amides is 1. The van der Waals surface area contributed by atoms with E-state index >= 15 is 0 Å². The second-order valence-electron chi connectivity index (χ2n) is 5.89. The van der Waals surface area contributed by atoms with E-state index in [9.17, 15) is 4.79 Å². The molecule has 1 aromatic carbocycles. The van der Waals surface area contributed by atoms with Crippen LogP contribution in [0.1, 0.15) is 43.1 Å². The van der Waals surface area contributed by atoms with Crippen molar-refractivity contribution in [2.75, 3.05) is 5.88 Å². The first kappa shape index (κ1) is 16.3. The van der Waals surface area contributed by atoms with Crippen LogP contribution in [0.25, 0.3) is 0 Å². The van der Waals surface area contributed by atoms with Gasteiger partial charge in [0.1, 0.15) is 0 Å². The van der Waals surface area contributed by atoms with E-state index < -0.39 is 0 Å². The fourth-order valence-corrected chi connectivity index (χ4v) is 2.45. The summed E-state index contributed by atoms with van der Waals surface area (Å²) in [4.78, 5) is 12.3. The molecular formula is C15H21Cl2NO. The minimum atomic E-state index is -0.101. The molecule has 0 saturated heterocycles. The summed E-state index contributed by atoms with van der Waals surface area (Å²) in [5.41, 5.74) is 1.54. The van der Waals surface area contributed by atoms with Crippen molar-refractivity contribution >= 4 is 29.1 Å². The Kier molecular flexibility index (Phi) is 5.69. The molecule has 1 N–H and O–H groups in total. The molecule has 106 valence electrons. The SMILES string of the molecule is Cc1cc(Cl)cc(C(=O)NC(CCCl)C(C)(C)C)c1. The number of rotatable bonds is 4. The van der Waals surface area contributed by atoms with Crippen LogP contribution in [0.4, 0.5) is 0 Å². The van der Waals surface area contributed by atoms with Crippen LogP contribution < -0.4 is 5.32 Å². The molecule has 1 amide bonds. The molecule has 0 spiro atoms. The lowest BCUT2D eigenvalue weighted by molar-refractivity contribution is 0.0900. The number of carbonyl (C=O) groups excluding carboxylic acids is 1. The Balaban J connectivity index is 2.87. The van der Waals surface area contributed by atoms with E-state index in [-0.39, 0.29) is 17.4 Å². The van der Waals surface area contributed by atoms with Crippen LogP contribution >= 0.6 is 23.2 Å². The maximum absolute atomic E-state index is 12.3. The maximum atomic E-state index is 12.3. The van der Waals surface area contributed by atoms with Gasteiger partial charge in [0.05, 0.1) is 0 Å². The average Bonchev–Trinajstić information content (AvgIpc) is 2.25. The molecule has 0 fully saturated rings.